The quantitative estimate of drug-likeness (QED) is 0.893. The molecule has 3 nitrogen and oxygen atoms in total. The van der Waals surface area contributed by atoms with Crippen LogP contribution in [-0.4, -0.2) is 30.1 Å². The van der Waals surface area contributed by atoms with Gasteiger partial charge in [-0.3, -0.25) is 10.1 Å². The minimum absolute atomic E-state index is 0.0246. The van der Waals surface area contributed by atoms with Gasteiger partial charge in [0.05, 0.1) is 12.7 Å². The van der Waals surface area contributed by atoms with Gasteiger partial charge in [-0.05, 0) is 37.2 Å². The molecule has 1 aliphatic heterocycles. The molecule has 0 radical (unpaired) electrons. The zero-order valence-corrected chi connectivity index (χ0v) is 12.1. The van der Waals surface area contributed by atoms with Crippen molar-refractivity contribution < 1.29 is 4.79 Å². The Kier molecular flexibility index (Phi) is 4.36. The molecule has 1 unspecified atom stereocenters. The summed E-state index contributed by atoms with van der Waals surface area (Å²) in [5, 5.41) is 3.38. The lowest BCUT2D eigenvalue weighted by Gasteiger charge is -2.19. The van der Waals surface area contributed by atoms with E-state index in [1.165, 1.54) is 31.2 Å². The van der Waals surface area contributed by atoms with Crippen molar-refractivity contribution in [2.24, 2.45) is 5.92 Å². The largest absolute Gasteiger partial charge is 0.328 e. The number of carbonyl (C=O) groups excluding carboxylic acids is 1. The number of rotatable bonds is 5. The number of benzene rings is 1. The van der Waals surface area contributed by atoms with E-state index >= 15 is 0 Å². The lowest BCUT2D eigenvalue weighted by Crippen LogP contribution is -2.33. The van der Waals surface area contributed by atoms with Crippen molar-refractivity contribution in [3.63, 3.8) is 0 Å². The Morgan fingerprint density at radius 3 is 2.65 bits per heavy atom. The molecule has 1 amide bonds. The van der Waals surface area contributed by atoms with Crippen molar-refractivity contribution in [2.75, 3.05) is 13.2 Å². The van der Waals surface area contributed by atoms with E-state index in [4.69, 9.17) is 0 Å². The Hall–Kier alpha value is -1.35. The van der Waals surface area contributed by atoms with Crippen LogP contribution in [0.15, 0.2) is 30.3 Å². The van der Waals surface area contributed by atoms with Crippen molar-refractivity contribution in [3.8, 4) is 0 Å². The zero-order valence-electron chi connectivity index (χ0n) is 12.1. The SMILES string of the molecule is O=C1C(CCc2ccccc2)NCN1CC1CCCC1. The van der Waals surface area contributed by atoms with Crippen molar-refractivity contribution in [2.45, 2.75) is 44.6 Å². The molecular weight excluding hydrogens is 248 g/mol. The Bertz CT molecular complexity index is 440. The second-order valence-corrected chi connectivity index (χ2v) is 6.15. The molecular formula is C17H24N2O. The van der Waals surface area contributed by atoms with Gasteiger partial charge in [0.15, 0.2) is 0 Å². The van der Waals surface area contributed by atoms with Gasteiger partial charge in [0, 0.05) is 6.54 Å². The number of nitrogens with one attached hydrogen (secondary N) is 1. The van der Waals surface area contributed by atoms with Crippen molar-refractivity contribution >= 4 is 5.91 Å². The molecule has 1 aromatic carbocycles. The first-order valence-electron chi connectivity index (χ1n) is 7.89. The first kappa shape index (κ1) is 13.6. The molecule has 2 aliphatic rings. The van der Waals surface area contributed by atoms with Gasteiger partial charge in [-0.1, -0.05) is 43.2 Å². The van der Waals surface area contributed by atoms with Crippen LogP contribution in [0, 0.1) is 5.92 Å². The average molecular weight is 272 g/mol. The molecule has 1 saturated heterocycles. The molecule has 2 fully saturated rings. The van der Waals surface area contributed by atoms with E-state index in [0.717, 1.165) is 32.0 Å². The predicted octanol–water partition coefficient (Wildman–Crippen LogP) is 2.57. The van der Waals surface area contributed by atoms with Crippen LogP contribution >= 0.6 is 0 Å². The van der Waals surface area contributed by atoms with E-state index in [1.807, 2.05) is 11.0 Å². The lowest BCUT2D eigenvalue weighted by atomic mass is 10.0. The van der Waals surface area contributed by atoms with Crippen molar-refractivity contribution in [1.82, 2.24) is 10.2 Å². The molecule has 0 spiro atoms. The minimum atomic E-state index is 0.0246. The molecule has 0 bridgehead atoms. The molecule has 108 valence electrons. The van der Waals surface area contributed by atoms with Crippen LogP contribution in [0.5, 0.6) is 0 Å². The summed E-state index contributed by atoms with van der Waals surface area (Å²) in [5.74, 6) is 1.06. The van der Waals surface area contributed by atoms with Crippen LogP contribution in [0.4, 0.5) is 0 Å². The molecule has 1 saturated carbocycles. The fourth-order valence-electron chi connectivity index (χ4n) is 3.45. The topological polar surface area (TPSA) is 32.3 Å². The number of hydrogen-bond acceptors (Lipinski definition) is 2. The van der Waals surface area contributed by atoms with Crippen LogP contribution in [0.3, 0.4) is 0 Å². The second-order valence-electron chi connectivity index (χ2n) is 6.15. The van der Waals surface area contributed by atoms with Crippen molar-refractivity contribution in [1.29, 1.82) is 0 Å². The Labute approximate surface area is 121 Å². The predicted molar refractivity (Wildman–Crippen MR) is 80.2 cm³/mol. The van der Waals surface area contributed by atoms with Gasteiger partial charge in [-0.15, -0.1) is 0 Å². The fraction of sp³-hybridized carbons (Fsp3) is 0.588. The minimum Gasteiger partial charge on any atom is -0.328 e. The van der Waals surface area contributed by atoms with E-state index < -0.39 is 0 Å². The third-order valence-electron chi connectivity index (χ3n) is 4.66. The first-order valence-corrected chi connectivity index (χ1v) is 7.89. The molecule has 1 heterocycles. The number of aryl methyl sites for hydroxylation is 1. The van der Waals surface area contributed by atoms with E-state index in [2.05, 4.69) is 29.6 Å². The number of nitrogens with zero attached hydrogens (tertiary/aromatic N) is 1. The highest BCUT2D eigenvalue weighted by atomic mass is 16.2. The zero-order chi connectivity index (χ0) is 13.8. The Morgan fingerprint density at radius 2 is 1.90 bits per heavy atom. The van der Waals surface area contributed by atoms with Crippen molar-refractivity contribution in [3.05, 3.63) is 35.9 Å². The molecule has 3 heteroatoms. The molecule has 1 aromatic rings. The van der Waals surface area contributed by atoms with Gasteiger partial charge in [-0.25, -0.2) is 0 Å². The maximum absolute atomic E-state index is 12.4. The number of amides is 1. The van der Waals surface area contributed by atoms with E-state index in [0.29, 0.717) is 5.91 Å². The summed E-state index contributed by atoms with van der Waals surface area (Å²) < 4.78 is 0. The smallest absolute Gasteiger partial charge is 0.240 e. The summed E-state index contributed by atoms with van der Waals surface area (Å²) in [7, 11) is 0. The van der Waals surface area contributed by atoms with Crippen LogP contribution in [-0.2, 0) is 11.2 Å². The number of hydrogen-bond donors (Lipinski definition) is 1. The highest BCUT2D eigenvalue weighted by Crippen LogP contribution is 2.26. The Balaban J connectivity index is 1.48. The highest BCUT2D eigenvalue weighted by Gasteiger charge is 2.32. The maximum atomic E-state index is 12.4. The summed E-state index contributed by atoms with van der Waals surface area (Å²) in [5.41, 5.74) is 1.32. The fourth-order valence-corrected chi connectivity index (χ4v) is 3.45. The first-order chi connectivity index (χ1) is 9.83. The monoisotopic (exact) mass is 272 g/mol. The molecule has 1 aliphatic carbocycles. The summed E-state index contributed by atoms with van der Waals surface area (Å²) >= 11 is 0. The summed E-state index contributed by atoms with van der Waals surface area (Å²) in [4.78, 5) is 14.4. The van der Waals surface area contributed by atoms with Gasteiger partial charge in [0.1, 0.15) is 0 Å². The van der Waals surface area contributed by atoms with Gasteiger partial charge < -0.3 is 4.90 Å². The average Bonchev–Trinajstić information content (AvgIpc) is 3.10. The van der Waals surface area contributed by atoms with Crippen LogP contribution in [0.1, 0.15) is 37.7 Å². The van der Waals surface area contributed by atoms with Crippen LogP contribution < -0.4 is 5.32 Å². The van der Waals surface area contributed by atoms with E-state index in [9.17, 15) is 4.79 Å². The van der Waals surface area contributed by atoms with Gasteiger partial charge in [0.25, 0.3) is 0 Å². The molecule has 3 rings (SSSR count). The van der Waals surface area contributed by atoms with E-state index in [1.54, 1.807) is 0 Å². The molecule has 1 atom stereocenters. The summed E-state index contributed by atoms with van der Waals surface area (Å²) in [6.07, 6.45) is 7.18. The van der Waals surface area contributed by atoms with E-state index in [-0.39, 0.29) is 6.04 Å². The lowest BCUT2D eigenvalue weighted by molar-refractivity contribution is -0.129. The second kappa shape index (κ2) is 6.40. The maximum Gasteiger partial charge on any atom is 0.240 e. The number of carbonyl (C=O) groups is 1. The highest BCUT2D eigenvalue weighted by molar-refractivity contribution is 5.83. The van der Waals surface area contributed by atoms with Crippen LogP contribution in [0.25, 0.3) is 0 Å². The summed E-state index contributed by atoms with van der Waals surface area (Å²) in [6.45, 7) is 1.71. The summed E-state index contributed by atoms with van der Waals surface area (Å²) in [6, 6.07) is 10.4. The standard InChI is InChI=1S/C17H24N2O/c20-17-16(11-10-14-6-2-1-3-7-14)18-13-19(17)12-15-8-4-5-9-15/h1-3,6-7,15-16,18H,4-5,8-13H2. The van der Waals surface area contributed by atoms with Gasteiger partial charge >= 0.3 is 0 Å². The molecule has 0 aromatic heterocycles. The van der Waals surface area contributed by atoms with Crippen LogP contribution in [0.2, 0.25) is 0 Å². The molecule has 1 N–H and O–H groups in total. The third-order valence-corrected chi connectivity index (χ3v) is 4.66. The molecule has 20 heavy (non-hydrogen) atoms. The Morgan fingerprint density at radius 1 is 1.15 bits per heavy atom. The van der Waals surface area contributed by atoms with Gasteiger partial charge in [0.2, 0.25) is 5.91 Å². The third kappa shape index (κ3) is 3.21. The van der Waals surface area contributed by atoms with Gasteiger partial charge in [-0.2, -0.15) is 0 Å². The normalized spacial score (nSPS) is 23.7.